The van der Waals surface area contributed by atoms with Gasteiger partial charge in [0.25, 0.3) is 10.1 Å². The summed E-state index contributed by atoms with van der Waals surface area (Å²) in [6, 6.07) is 7.95. The molecule has 2 amide bonds. The second kappa shape index (κ2) is 24.3. The van der Waals surface area contributed by atoms with Crippen LogP contribution in [0.25, 0.3) is 16.7 Å². The standard InChI is InChI=1S/C50H62N11O20P3S2/c51-47-40-48(55-26-54-47)61(27-56-40)49-43(63)46(36(78-49)25-77-84(70,71)81-83(68,69)58-82(65,66)67)80-50(64)53-17-16-52-38(62)12-2-1-3-15-57-85(72,73)30-13-14-31(37(24-30)86(74,75)76)39-34-22-28-8-4-18-59-20-6-10-32(41(28)59)44(34)79-45-33-11-7-21-60-19-5-9-29(42(33)60)23-35(39)45/h13-14,22-24,26-27,36,43,46,49,57,63H,1-12,15-21,25H2,(H9-,51,52,53,54,55,58,62,64,65,66,67,68,69,70,71,74,75,76)/p+1/t36-,43-,46-,49?/m1/s1. The number of phosphoric ester groups is 1. The number of unbranched alkanes of at least 4 members (excludes halogenated alkanes) is 2. The number of nitrogens with zero attached hydrogens (tertiary/aromatic N) is 6. The summed E-state index contributed by atoms with van der Waals surface area (Å²) in [6.07, 6.45) is 2.31. The van der Waals surface area contributed by atoms with Gasteiger partial charge in [-0.3, -0.25) is 18.4 Å². The first kappa shape index (κ1) is 61.8. The fourth-order valence-electron chi connectivity index (χ4n) is 12.2. The minimum atomic E-state index is -5.66. The smallest absolute Gasteiger partial charge is 0.455 e. The zero-order chi connectivity index (χ0) is 61.1. The number of aliphatic hydroxyl groups is 1. The lowest BCUT2D eigenvalue weighted by atomic mass is 9.82. The fourth-order valence-corrected chi connectivity index (χ4v) is 17.5. The number of aromatic nitrogens is 4. The van der Waals surface area contributed by atoms with Gasteiger partial charge in [-0.15, -0.1) is 4.86 Å². The Hall–Kier alpha value is -5.83. The summed E-state index contributed by atoms with van der Waals surface area (Å²) in [4.78, 5) is 77.8. The highest BCUT2D eigenvalue weighted by Crippen LogP contribution is 2.61. The van der Waals surface area contributed by atoms with Crippen molar-refractivity contribution in [3.63, 3.8) is 0 Å². The number of hydrogen-bond acceptors (Lipinski definition) is 20. The van der Waals surface area contributed by atoms with E-state index in [2.05, 4.69) is 56.2 Å². The number of aryl methyl sites for hydroxylation is 2. The number of aliphatic hydroxyl groups excluding tert-OH is 1. The average Bonchev–Trinajstić information content (AvgIpc) is 1.07. The minimum Gasteiger partial charge on any atom is -0.455 e. The van der Waals surface area contributed by atoms with Crippen molar-refractivity contribution in [2.24, 2.45) is 0 Å². The number of rotatable bonds is 22. The molecule has 2 aromatic heterocycles. The number of fused-ring (bicyclic) bond motifs is 5. The van der Waals surface area contributed by atoms with E-state index in [-0.39, 0.29) is 59.9 Å². The largest absolute Gasteiger partial charge is 0.480 e. The fraction of sp³-hybridized carbons (Fsp3) is 0.480. The Morgan fingerprint density at radius 2 is 1.57 bits per heavy atom. The van der Waals surface area contributed by atoms with Crippen LogP contribution in [0.4, 0.5) is 16.3 Å². The second-order valence-electron chi connectivity index (χ2n) is 21.5. The predicted octanol–water partition coefficient (Wildman–Crippen LogP) is 1.02. The van der Waals surface area contributed by atoms with Crippen LogP contribution in [-0.2, 0) is 82.6 Å². The van der Waals surface area contributed by atoms with E-state index in [1.54, 1.807) is 0 Å². The van der Waals surface area contributed by atoms with Crippen LogP contribution < -0.4 is 50.7 Å². The number of imidazole rings is 1. The van der Waals surface area contributed by atoms with Crippen LogP contribution >= 0.6 is 23.3 Å². The van der Waals surface area contributed by atoms with Crippen molar-refractivity contribution >= 4 is 83.7 Å². The zero-order valence-corrected chi connectivity index (χ0v) is 50.1. The molecule has 6 aliphatic rings. The van der Waals surface area contributed by atoms with Gasteiger partial charge in [0.2, 0.25) is 21.3 Å². The molecule has 464 valence electrons. The van der Waals surface area contributed by atoms with Crippen LogP contribution in [0.15, 0.2) is 52.8 Å². The van der Waals surface area contributed by atoms with Crippen LogP contribution in [0.3, 0.4) is 0 Å². The number of nitrogens with two attached hydrogens (primary N) is 1. The summed E-state index contributed by atoms with van der Waals surface area (Å²) in [7, 11) is -26.1. The average molecular weight is 1300 g/mol. The topological polar surface area (TPSA) is 445 Å². The highest BCUT2D eigenvalue weighted by Gasteiger charge is 2.50. The molecule has 0 bridgehead atoms. The molecule has 86 heavy (non-hydrogen) atoms. The Bertz CT molecular complexity index is 4090. The number of amides is 2. The van der Waals surface area contributed by atoms with E-state index >= 15 is 0 Å². The molecule has 0 aliphatic carbocycles. The third-order valence-electron chi connectivity index (χ3n) is 15.7. The molecule has 1 fully saturated rings. The van der Waals surface area contributed by atoms with Crippen molar-refractivity contribution in [1.29, 1.82) is 0 Å². The summed E-state index contributed by atoms with van der Waals surface area (Å²) in [5, 5.41) is 18.2. The molecule has 0 spiro atoms. The number of benzene rings is 3. The molecule has 6 aliphatic heterocycles. The molecule has 8 heterocycles. The second-order valence-corrected chi connectivity index (χ2v) is 29.4. The van der Waals surface area contributed by atoms with E-state index in [0.717, 1.165) is 123 Å². The maximum absolute atomic E-state index is 13.9. The summed E-state index contributed by atoms with van der Waals surface area (Å²) in [6.45, 7) is 2.19. The lowest BCUT2D eigenvalue weighted by Crippen LogP contribution is -2.45. The minimum absolute atomic E-state index is 0.00529. The Kier molecular flexibility index (Phi) is 17.4. The first-order valence-electron chi connectivity index (χ1n) is 27.6. The molecule has 5 aromatic rings. The van der Waals surface area contributed by atoms with Gasteiger partial charge < -0.3 is 60.2 Å². The lowest BCUT2D eigenvalue weighted by molar-refractivity contribution is -0.121. The van der Waals surface area contributed by atoms with Crippen LogP contribution in [0.5, 0.6) is 11.5 Å². The van der Waals surface area contributed by atoms with Gasteiger partial charge in [-0.05, 0) is 81.2 Å². The first-order chi connectivity index (χ1) is 40.8. The molecular weight excluding hydrogens is 1230 g/mol. The van der Waals surface area contributed by atoms with Crippen molar-refractivity contribution in [3.8, 4) is 11.5 Å². The molecule has 0 saturated carbocycles. The Morgan fingerprint density at radius 3 is 2.34 bits per heavy atom. The SMILES string of the molecule is Nc1ncnc2c1ncn2C1O[C@H](COP(=O)(O)OP(=O)(O)NP(=O)(O)O)[C@@H](OC(=O)NCCNC(=O)CCCCCNS(=O)(=O)c2ccc(C3=c4cc5c6c(c4Oc4c3cc3c7c4CCCN7CCC3)CCC[N+]=6CCC5)c(S(=O)(=O)O)c2)[C@H]1O. The number of carbonyl (C=O) groups is 2. The number of carbonyl (C=O) groups excluding carboxylic acids is 2. The number of ether oxygens (including phenoxy) is 3. The lowest BCUT2D eigenvalue weighted by Gasteiger charge is -2.39. The summed E-state index contributed by atoms with van der Waals surface area (Å²) >= 11 is 0. The zero-order valence-electron chi connectivity index (χ0n) is 45.8. The molecule has 11 rings (SSSR count). The van der Waals surface area contributed by atoms with E-state index in [9.17, 15) is 59.6 Å². The van der Waals surface area contributed by atoms with Crippen LogP contribution in [-0.4, -0.2) is 148 Å². The summed E-state index contributed by atoms with van der Waals surface area (Å²) < 4.78 is 135. The highest BCUT2D eigenvalue weighted by atomic mass is 32.2. The van der Waals surface area contributed by atoms with Gasteiger partial charge in [0.05, 0.1) is 23.4 Å². The Labute approximate surface area is 491 Å². The molecule has 3 unspecified atom stereocenters. The van der Waals surface area contributed by atoms with Gasteiger partial charge in [0.15, 0.2) is 23.8 Å². The van der Waals surface area contributed by atoms with E-state index < -0.39 is 91.5 Å². The van der Waals surface area contributed by atoms with Gasteiger partial charge in [0.1, 0.15) is 53.5 Å². The number of anilines is 2. The predicted molar refractivity (Wildman–Crippen MR) is 303 cm³/mol. The van der Waals surface area contributed by atoms with Gasteiger partial charge in [-0.2, -0.15) is 12.7 Å². The normalized spacial score (nSPS) is 21.3. The van der Waals surface area contributed by atoms with Gasteiger partial charge >= 0.3 is 29.4 Å². The van der Waals surface area contributed by atoms with Crippen molar-refractivity contribution in [3.05, 3.63) is 86.9 Å². The molecule has 12 N–H and O–H groups in total. The quantitative estimate of drug-likeness (QED) is 0.0196. The third kappa shape index (κ3) is 13.0. The van der Waals surface area contributed by atoms with Crippen LogP contribution in [0.2, 0.25) is 0 Å². The number of phosphoric acid groups is 1. The monoisotopic (exact) mass is 1290 g/mol. The number of alkyl carbamates (subject to hydrolysis) is 1. The number of nitrogen functional groups attached to an aromatic ring is 1. The van der Waals surface area contributed by atoms with Crippen LogP contribution in [0.1, 0.15) is 91.0 Å². The molecule has 0 radical (unpaired) electrons. The molecule has 36 heteroatoms. The first-order valence-corrected chi connectivity index (χ1v) is 35.3. The van der Waals surface area contributed by atoms with Crippen molar-refractivity contribution in [1.82, 2.24) is 44.3 Å². The van der Waals surface area contributed by atoms with Crippen molar-refractivity contribution in [2.45, 2.75) is 111 Å². The number of nitrogens with one attached hydrogen (secondary N) is 4. The molecule has 6 atom stereocenters. The molecule has 31 nitrogen and oxygen atoms in total. The third-order valence-corrected chi connectivity index (χ3v) is 22.3. The van der Waals surface area contributed by atoms with Crippen LogP contribution in [0, 0.1) is 0 Å². The number of hydrogen-bond donors (Lipinski definition) is 11. The van der Waals surface area contributed by atoms with Gasteiger partial charge in [0, 0.05) is 90.7 Å². The molecule has 3 aromatic carbocycles. The van der Waals surface area contributed by atoms with E-state index in [1.807, 2.05) is 0 Å². The Balaban J connectivity index is 0.700. The molecular formula is C50H63N11O20P3S2+. The van der Waals surface area contributed by atoms with Crippen molar-refractivity contribution in [2.75, 3.05) is 63.1 Å². The van der Waals surface area contributed by atoms with Gasteiger partial charge in [-0.1, -0.05) is 12.5 Å². The summed E-state index contributed by atoms with van der Waals surface area (Å²) in [5.41, 5.74) is 13.0. The summed E-state index contributed by atoms with van der Waals surface area (Å²) in [5.74, 6) is 0.855. The molecule has 1 saturated heterocycles. The highest BCUT2D eigenvalue weighted by molar-refractivity contribution is 7.89. The van der Waals surface area contributed by atoms with Crippen molar-refractivity contribution < 1.29 is 92.4 Å². The van der Waals surface area contributed by atoms with E-state index in [1.165, 1.54) is 27.7 Å². The Morgan fingerprint density at radius 1 is 0.837 bits per heavy atom. The van der Waals surface area contributed by atoms with E-state index in [0.29, 0.717) is 40.7 Å². The number of sulfonamides is 1. The maximum Gasteiger partial charge on any atom is 0.480 e. The van der Waals surface area contributed by atoms with Gasteiger partial charge in [-0.25, -0.2) is 51.2 Å². The van der Waals surface area contributed by atoms with E-state index in [4.69, 9.17) is 34.3 Å². The maximum atomic E-state index is 13.9.